The van der Waals surface area contributed by atoms with E-state index in [1.807, 2.05) is 0 Å². The van der Waals surface area contributed by atoms with Gasteiger partial charge < -0.3 is 10.2 Å². The molecule has 0 saturated carbocycles. The van der Waals surface area contributed by atoms with E-state index in [0.29, 0.717) is 0 Å². The second-order valence-electron chi connectivity index (χ2n) is 3.10. The second kappa shape index (κ2) is 3.58. The zero-order valence-corrected chi connectivity index (χ0v) is 7.35. The lowest BCUT2D eigenvalue weighted by Gasteiger charge is -2.25. The van der Waals surface area contributed by atoms with Crippen LogP contribution in [-0.4, -0.2) is 25.0 Å². The third kappa shape index (κ3) is 2.09. The van der Waals surface area contributed by atoms with Crippen LogP contribution in [0.5, 0.6) is 0 Å². The summed E-state index contributed by atoms with van der Waals surface area (Å²) in [6, 6.07) is 0. The lowest BCUT2D eigenvalue weighted by atomic mass is 10.1. The summed E-state index contributed by atoms with van der Waals surface area (Å²) in [5.41, 5.74) is 2.77. The fourth-order valence-electron chi connectivity index (χ4n) is 1.41. The number of nitrogens with zero attached hydrogens (tertiary/aromatic N) is 1. The highest BCUT2D eigenvalue weighted by atomic mass is 15.1. The third-order valence-corrected chi connectivity index (χ3v) is 2.04. The van der Waals surface area contributed by atoms with Gasteiger partial charge in [-0.2, -0.15) is 0 Å². The molecule has 0 saturated heterocycles. The average Bonchev–Trinajstić information content (AvgIpc) is 1.95. The number of hydrogen-bond acceptors (Lipinski definition) is 2. The van der Waals surface area contributed by atoms with Gasteiger partial charge in [-0.05, 0) is 25.7 Å². The van der Waals surface area contributed by atoms with Gasteiger partial charge in [-0.15, -0.1) is 0 Å². The maximum absolute atomic E-state index is 3.65. The Balaban J connectivity index is 2.61. The van der Waals surface area contributed by atoms with Gasteiger partial charge in [0.25, 0.3) is 0 Å². The Morgan fingerprint density at radius 2 is 2.36 bits per heavy atom. The fraction of sp³-hybridized carbons (Fsp3) is 0.556. The number of rotatable bonds is 2. The quantitative estimate of drug-likeness (QED) is 0.642. The normalized spacial score (nSPS) is 20.2. The Bertz CT molecular complexity index is 182. The van der Waals surface area contributed by atoms with Crippen molar-refractivity contribution in [2.45, 2.75) is 13.3 Å². The molecule has 0 spiro atoms. The predicted octanol–water partition coefficient (Wildman–Crippen LogP) is 1.33. The summed E-state index contributed by atoms with van der Waals surface area (Å²) in [6.45, 7) is 8.04. The molecule has 0 radical (unpaired) electrons. The third-order valence-electron chi connectivity index (χ3n) is 2.04. The van der Waals surface area contributed by atoms with Gasteiger partial charge in [0.1, 0.15) is 0 Å². The topological polar surface area (TPSA) is 15.3 Å². The summed E-state index contributed by atoms with van der Waals surface area (Å²) in [5, 5.41) is 3.17. The molecule has 2 nitrogen and oxygen atoms in total. The van der Waals surface area contributed by atoms with Crippen molar-refractivity contribution in [1.82, 2.24) is 10.2 Å². The van der Waals surface area contributed by atoms with Gasteiger partial charge in [0.05, 0.1) is 0 Å². The van der Waals surface area contributed by atoms with Crippen LogP contribution in [0.1, 0.15) is 13.3 Å². The van der Waals surface area contributed by atoms with Crippen molar-refractivity contribution in [3.05, 3.63) is 24.0 Å². The predicted molar refractivity (Wildman–Crippen MR) is 48.1 cm³/mol. The Hall–Kier alpha value is -0.760. The molecule has 1 N–H and O–H groups in total. The van der Waals surface area contributed by atoms with Gasteiger partial charge in [0.2, 0.25) is 0 Å². The minimum atomic E-state index is 1.08. The van der Waals surface area contributed by atoms with Crippen LogP contribution in [0.25, 0.3) is 0 Å². The molecule has 2 heteroatoms. The Labute approximate surface area is 68.6 Å². The Morgan fingerprint density at radius 1 is 1.64 bits per heavy atom. The standard InChI is InChI=1S/C9H16N2/c1-4-10-9-5-6-11(3)7-8(9)2/h4,10H,1,5-7H2,2-3H3. The van der Waals surface area contributed by atoms with Crippen LogP contribution in [0.2, 0.25) is 0 Å². The molecule has 1 heterocycles. The first-order valence-electron chi connectivity index (χ1n) is 3.98. The summed E-state index contributed by atoms with van der Waals surface area (Å²) in [5.74, 6) is 0. The molecular formula is C9H16N2. The van der Waals surface area contributed by atoms with Crippen LogP contribution in [0.15, 0.2) is 24.0 Å². The molecule has 0 aromatic rings. The van der Waals surface area contributed by atoms with Crippen LogP contribution in [0.3, 0.4) is 0 Å². The van der Waals surface area contributed by atoms with Crippen molar-refractivity contribution < 1.29 is 0 Å². The number of nitrogens with one attached hydrogen (secondary N) is 1. The van der Waals surface area contributed by atoms with Crippen molar-refractivity contribution >= 4 is 0 Å². The SMILES string of the molecule is C=CNC1=C(C)CN(C)CC1. The fourth-order valence-corrected chi connectivity index (χ4v) is 1.41. The summed E-state index contributed by atoms with van der Waals surface area (Å²) in [6.07, 6.45) is 2.87. The molecule has 0 atom stereocenters. The maximum Gasteiger partial charge on any atom is 0.0207 e. The zero-order valence-electron chi connectivity index (χ0n) is 7.35. The van der Waals surface area contributed by atoms with E-state index < -0.39 is 0 Å². The molecule has 1 rings (SSSR count). The first-order chi connectivity index (χ1) is 5.24. The molecule has 11 heavy (non-hydrogen) atoms. The highest BCUT2D eigenvalue weighted by Crippen LogP contribution is 2.13. The monoisotopic (exact) mass is 152 g/mol. The molecular weight excluding hydrogens is 136 g/mol. The van der Waals surface area contributed by atoms with Gasteiger partial charge >= 0.3 is 0 Å². The van der Waals surface area contributed by atoms with E-state index in [2.05, 4.69) is 30.8 Å². The molecule has 1 aliphatic rings. The van der Waals surface area contributed by atoms with E-state index in [0.717, 1.165) is 19.5 Å². The van der Waals surface area contributed by atoms with Crippen molar-refractivity contribution in [2.24, 2.45) is 0 Å². The van der Waals surface area contributed by atoms with E-state index in [-0.39, 0.29) is 0 Å². The Kier molecular flexibility index (Phi) is 2.71. The minimum Gasteiger partial charge on any atom is -0.366 e. The first kappa shape index (κ1) is 8.34. The van der Waals surface area contributed by atoms with Gasteiger partial charge in [-0.3, -0.25) is 0 Å². The largest absolute Gasteiger partial charge is 0.366 e. The van der Waals surface area contributed by atoms with Gasteiger partial charge in [-0.1, -0.05) is 6.58 Å². The summed E-state index contributed by atoms with van der Waals surface area (Å²) < 4.78 is 0. The lowest BCUT2D eigenvalue weighted by Crippen LogP contribution is -2.30. The summed E-state index contributed by atoms with van der Waals surface area (Å²) >= 11 is 0. The van der Waals surface area contributed by atoms with Gasteiger partial charge in [-0.25, -0.2) is 0 Å². The van der Waals surface area contributed by atoms with E-state index >= 15 is 0 Å². The molecule has 62 valence electrons. The Morgan fingerprint density at radius 3 is 2.91 bits per heavy atom. The molecule has 0 aromatic heterocycles. The molecule has 0 aromatic carbocycles. The maximum atomic E-state index is 3.65. The zero-order chi connectivity index (χ0) is 8.27. The molecule has 0 unspecified atom stereocenters. The van der Waals surface area contributed by atoms with E-state index in [9.17, 15) is 0 Å². The van der Waals surface area contributed by atoms with Crippen molar-refractivity contribution in [2.75, 3.05) is 20.1 Å². The molecule has 1 aliphatic heterocycles. The van der Waals surface area contributed by atoms with Crippen LogP contribution in [-0.2, 0) is 0 Å². The van der Waals surface area contributed by atoms with Crippen LogP contribution in [0.4, 0.5) is 0 Å². The molecule has 0 aliphatic carbocycles. The molecule has 0 fully saturated rings. The number of likely N-dealkylation sites (N-methyl/N-ethyl adjacent to an activating group) is 1. The lowest BCUT2D eigenvalue weighted by molar-refractivity contribution is 0.344. The molecule has 0 bridgehead atoms. The van der Waals surface area contributed by atoms with E-state index in [4.69, 9.17) is 0 Å². The first-order valence-corrected chi connectivity index (χ1v) is 3.98. The van der Waals surface area contributed by atoms with E-state index in [1.54, 1.807) is 6.20 Å². The van der Waals surface area contributed by atoms with Crippen LogP contribution >= 0.6 is 0 Å². The highest BCUT2D eigenvalue weighted by Gasteiger charge is 2.11. The van der Waals surface area contributed by atoms with E-state index in [1.165, 1.54) is 11.3 Å². The second-order valence-corrected chi connectivity index (χ2v) is 3.10. The van der Waals surface area contributed by atoms with Crippen molar-refractivity contribution in [3.63, 3.8) is 0 Å². The number of hydrogen-bond donors (Lipinski definition) is 1. The van der Waals surface area contributed by atoms with Crippen molar-refractivity contribution in [1.29, 1.82) is 0 Å². The van der Waals surface area contributed by atoms with Gasteiger partial charge in [0, 0.05) is 25.2 Å². The van der Waals surface area contributed by atoms with Crippen LogP contribution < -0.4 is 5.32 Å². The molecule has 0 amide bonds. The smallest absolute Gasteiger partial charge is 0.0207 e. The summed E-state index contributed by atoms with van der Waals surface area (Å²) in [4.78, 5) is 2.32. The summed E-state index contributed by atoms with van der Waals surface area (Å²) in [7, 11) is 2.15. The van der Waals surface area contributed by atoms with Gasteiger partial charge in [0.15, 0.2) is 0 Å². The minimum absolute atomic E-state index is 1.08. The highest BCUT2D eigenvalue weighted by molar-refractivity contribution is 5.16. The average molecular weight is 152 g/mol. The van der Waals surface area contributed by atoms with Crippen molar-refractivity contribution in [3.8, 4) is 0 Å². The van der Waals surface area contributed by atoms with Crippen LogP contribution in [0, 0.1) is 0 Å².